The third kappa shape index (κ3) is 5.07. The summed E-state index contributed by atoms with van der Waals surface area (Å²) in [5.74, 6) is -0.779. The highest BCUT2D eigenvalue weighted by Gasteiger charge is 2.15. The van der Waals surface area contributed by atoms with Gasteiger partial charge in [-0.25, -0.2) is 0 Å². The highest BCUT2D eigenvalue weighted by atomic mass is 16.2. The highest BCUT2D eigenvalue weighted by molar-refractivity contribution is 5.98. The lowest BCUT2D eigenvalue weighted by molar-refractivity contribution is -0.130. The van der Waals surface area contributed by atoms with Crippen molar-refractivity contribution in [1.29, 1.82) is 0 Å². The van der Waals surface area contributed by atoms with E-state index in [9.17, 15) is 9.59 Å². The Hall–Kier alpha value is -1.72. The molecule has 0 aromatic heterocycles. The summed E-state index contributed by atoms with van der Waals surface area (Å²) in [6.45, 7) is 0.485. The van der Waals surface area contributed by atoms with Crippen LogP contribution in [0.4, 0.5) is 0 Å². The van der Waals surface area contributed by atoms with Gasteiger partial charge in [-0.3, -0.25) is 14.9 Å². The first-order valence-corrected chi connectivity index (χ1v) is 5.96. The molecule has 1 atom stereocenters. The number of hydrogen-bond acceptors (Lipinski definition) is 4. The van der Waals surface area contributed by atoms with E-state index >= 15 is 0 Å². The predicted octanol–water partition coefficient (Wildman–Crippen LogP) is -0.0619. The molecule has 0 aliphatic carbocycles. The summed E-state index contributed by atoms with van der Waals surface area (Å²) >= 11 is 0. The minimum Gasteiger partial charge on any atom is -0.330 e. The number of imide groups is 1. The molecule has 0 aliphatic heterocycles. The summed E-state index contributed by atoms with van der Waals surface area (Å²) in [4.78, 5) is 23.1. The molecule has 98 valence electrons. The first kappa shape index (κ1) is 14.3. The molecule has 2 amide bonds. The van der Waals surface area contributed by atoms with Crippen molar-refractivity contribution in [1.82, 2.24) is 5.32 Å². The predicted molar refractivity (Wildman–Crippen MR) is 69.6 cm³/mol. The Morgan fingerprint density at radius 3 is 2.50 bits per heavy atom. The molecular weight excluding hydrogens is 230 g/mol. The molecule has 0 fully saturated rings. The lowest BCUT2D eigenvalue weighted by Gasteiger charge is -2.10. The van der Waals surface area contributed by atoms with Crippen LogP contribution in [0.2, 0.25) is 0 Å². The standard InChI is InChI=1S/C13H19N3O2/c14-8-4-7-11(15)13(18)16-12(17)9-10-5-2-1-3-6-10/h1-3,5-6,11H,4,7-9,14-15H2,(H,16,17,18)/t11-/m0/s1. The fraction of sp³-hybridized carbons (Fsp3) is 0.385. The van der Waals surface area contributed by atoms with E-state index in [1.165, 1.54) is 0 Å². The number of amides is 2. The molecule has 18 heavy (non-hydrogen) atoms. The molecule has 0 saturated carbocycles. The topological polar surface area (TPSA) is 98.2 Å². The Bertz CT molecular complexity index is 392. The van der Waals surface area contributed by atoms with Crippen LogP contribution < -0.4 is 16.8 Å². The maximum Gasteiger partial charge on any atom is 0.243 e. The summed E-state index contributed by atoms with van der Waals surface area (Å²) in [6.07, 6.45) is 1.33. The molecule has 0 aliphatic rings. The number of rotatable bonds is 6. The molecule has 0 spiro atoms. The third-order valence-corrected chi connectivity index (χ3v) is 2.53. The normalized spacial score (nSPS) is 11.9. The zero-order valence-corrected chi connectivity index (χ0v) is 10.3. The van der Waals surface area contributed by atoms with Crippen molar-refractivity contribution in [3.63, 3.8) is 0 Å². The molecule has 5 N–H and O–H groups in total. The maximum atomic E-state index is 11.6. The van der Waals surface area contributed by atoms with Crippen LogP contribution in [0.3, 0.4) is 0 Å². The Balaban J connectivity index is 2.38. The lowest BCUT2D eigenvalue weighted by atomic mass is 10.1. The molecule has 1 rings (SSSR count). The lowest BCUT2D eigenvalue weighted by Crippen LogP contribution is -2.44. The summed E-state index contributed by atoms with van der Waals surface area (Å²) < 4.78 is 0. The van der Waals surface area contributed by atoms with Crippen molar-refractivity contribution in [3.05, 3.63) is 35.9 Å². The molecule has 0 heterocycles. The van der Waals surface area contributed by atoms with Crippen molar-refractivity contribution in [2.45, 2.75) is 25.3 Å². The van der Waals surface area contributed by atoms with Gasteiger partial charge in [0.05, 0.1) is 12.5 Å². The van der Waals surface area contributed by atoms with E-state index in [2.05, 4.69) is 5.32 Å². The van der Waals surface area contributed by atoms with Gasteiger partial charge in [-0.05, 0) is 24.9 Å². The molecule has 1 aromatic carbocycles. The van der Waals surface area contributed by atoms with E-state index < -0.39 is 11.9 Å². The minimum absolute atomic E-state index is 0.177. The monoisotopic (exact) mass is 249 g/mol. The van der Waals surface area contributed by atoms with Crippen LogP contribution >= 0.6 is 0 Å². The highest BCUT2D eigenvalue weighted by Crippen LogP contribution is 1.99. The minimum atomic E-state index is -0.673. The molecule has 0 radical (unpaired) electrons. The van der Waals surface area contributed by atoms with Gasteiger partial charge >= 0.3 is 0 Å². The molecule has 0 saturated heterocycles. The molecule has 0 unspecified atom stereocenters. The van der Waals surface area contributed by atoms with Gasteiger partial charge in [-0.2, -0.15) is 0 Å². The van der Waals surface area contributed by atoms with Gasteiger partial charge in [0.15, 0.2) is 0 Å². The third-order valence-electron chi connectivity index (χ3n) is 2.53. The number of nitrogens with two attached hydrogens (primary N) is 2. The van der Waals surface area contributed by atoms with Crippen LogP contribution in [0, 0.1) is 0 Å². The van der Waals surface area contributed by atoms with Crippen molar-refractivity contribution < 1.29 is 9.59 Å². The van der Waals surface area contributed by atoms with E-state index in [-0.39, 0.29) is 12.3 Å². The van der Waals surface area contributed by atoms with E-state index in [0.29, 0.717) is 19.4 Å². The van der Waals surface area contributed by atoms with Crippen molar-refractivity contribution >= 4 is 11.8 Å². The SMILES string of the molecule is NCCC[C@H](N)C(=O)NC(=O)Cc1ccccc1. The molecular formula is C13H19N3O2. The van der Waals surface area contributed by atoms with E-state index in [1.54, 1.807) is 0 Å². The number of nitrogens with one attached hydrogen (secondary N) is 1. The fourth-order valence-electron chi connectivity index (χ4n) is 1.52. The second-order valence-corrected chi connectivity index (χ2v) is 4.11. The second-order valence-electron chi connectivity index (χ2n) is 4.11. The summed E-state index contributed by atoms with van der Waals surface area (Å²) in [5, 5.41) is 2.29. The van der Waals surface area contributed by atoms with Gasteiger partial charge in [0.1, 0.15) is 0 Å². The number of hydrogen-bond donors (Lipinski definition) is 3. The van der Waals surface area contributed by atoms with Gasteiger partial charge in [0, 0.05) is 0 Å². The van der Waals surface area contributed by atoms with Gasteiger partial charge in [-0.15, -0.1) is 0 Å². The summed E-state index contributed by atoms with van der Waals surface area (Å²) in [7, 11) is 0. The van der Waals surface area contributed by atoms with E-state index in [0.717, 1.165) is 5.56 Å². The van der Waals surface area contributed by atoms with Gasteiger partial charge < -0.3 is 11.5 Å². The van der Waals surface area contributed by atoms with Crippen LogP contribution in [-0.4, -0.2) is 24.4 Å². The molecule has 0 bridgehead atoms. The largest absolute Gasteiger partial charge is 0.330 e. The molecule has 5 nitrogen and oxygen atoms in total. The van der Waals surface area contributed by atoms with E-state index in [1.807, 2.05) is 30.3 Å². The van der Waals surface area contributed by atoms with Crippen molar-refractivity contribution in [2.75, 3.05) is 6.54 Å². The van der Waals surface area contributed by atoms with Crippen LogP contribution in [0.5, 0.6) is 0 Å². The quantitative estimate of drug-likeness (QED) is 0.657. The van der Waals surface area contributed by atoms with Crippen molar-refractivity contribution in [2.24, 2.45) is 11.5 Å². The smallest absolute Gasteiger partial charge is 0.243 e. The fourth-order valence-corrected chi connectivity index (χ4v) is 1.52. The number of carbonyl (C=O) groups is 2. The Labute approximate surface area is 107 Å². The maximum absolute atomic E-state index is 11.6. The average Bonchev–Trinajstić information content (AvgIpc) is 2.36. The van der Waals surface area contributed by atoms with E-state index in [4.69, 9.17) is 11.5 Å². The molecule has 1 aromatic rings. The van der Waals surface area contributed by atoms with Gasteiger partial charge in [-0.1, -0.05) is 30.3 Å². The van der Waals surface area contributed by atoms with Crippen LogP contribution in [0.1, 0.15) is 18.4 Å². The summed E-state index contributed by atoms with van der Waals surface area (Å²) in [5.41, 5.74) is 11.8. The van der Waals surface area contributed by atoms with Gasteiger partial charge in [0.2, 0.25) is 11.8 Å². The van der Waals surface area contributed by atoms with Gasteiger partial charge in [0.25, 0.3) is 0 Å². The Kier molecular flexibility index (Phi) is 6.04. The Morgan fingerprint density at radius 2 is 1.89 bits per heavy atom. The van der Waals surface area contributed by atoms with Crippen molar-refractivity contribution in [3.8, 4) is 0 Å². The Morgan fingerprint density at radius 1 is 1.22 bits per heavy atom. The zero-order valence-electron chi connectivity index (χ0n) is 10.3. The van der Waals surface area contributed by atoms with Crippen LogP contribution in [0.15, 0.2) is 30.3 Å². The summed E-state index contributed by atoms with van der Waals surface area (Å²) in [6, 6.07) is 8.55. The first-order chi connectivity index (χ1) is 8.63. The molecule has 5 heteroatoms. The van der Waals surface area contributed by atoms with Crippen LogP contribution in [0.25, 0.3) is 0 Å². The van der Waals surface area contributed by atoms with Crippen LogP contribution in [-0.2, 0) is 16.0 Å². The average molecular weight is 249 g/mol. The number of benzene rings is 1. The number of carbonyl (C=O) groups excluding carboxylic acids is 2. The second kappa shape index (κ2) is 7.58. The first-order valence-electron chi connectivity index (χ1n) is 5.96. The zero-order chi connectivity index (χ0) is 13.4.